The van der Waals surface area contributed by atoms with Crippen molar-refractivity contribution in [1.82, 2.24) is 9.97 Å². The van der Waals surface area contributed by atoms with Gasteiger partial charge < -0.3 is 10.1 Å². The quantitative estimate of drug-likeness (QED) is 0.154. The molecule has 2 heterocycles. The molecular weight excluding hydrogens is 502 g/mol. The first-order valence-electron chi connectivity index (χ1n) is 10.8. The lowest BCUT2D eigenvalue weighted by Crippen LogP contribution is -2.17. The third-order valence-electron chi connectivity index (χ3n) is 4.97. The number of aromatic nitrogens is 2. The summed E-state index contributed by atoms with van der Waals surface area (Å²) in [5.74, 6) is -0.379. The normalized spacial score (nSPS) is 10.7. The molecular formula is C26H22ClN3O3S2. The number of benzene rings is 2. The molecule has 1 N–H and O–H groups in total. The summed E-state index contributed by atoms with van der Waals surface area (Å²) >= 11 is 8.92. The van der Waals surface area contributed by atoms with Crippen LogP contribution in [-0.4, -0.2) is 28.5 Å². The van der Waals surface area contributed by atoms with Crippen LogP contribution in [-0.2, 0) is 10.5 Å². The maximum Gasteiger partial charge on any atom is 0.341 e. The molecule has 9 heteroatoms. The number of amides is 1. The Morgan fingerprint density at radius 1 is 1.14 bits per heavy atom. The Hall–Kier alpha value is -3.20. The van der Waals surface area contributed by atoms with Crippen LogP contribution in [0.1, 0.15) is 38.9 Å². The fourth-order valence-electron chi connectivity index (χ4n) is 3.38. The van der Waals surface area contributed by atoms with Gasteiger partial charge in [-0.1, -0.05) is 83.5 Å². The van der Waals surface area contributed by atoms with Crippen molar-refractivity contribution >= 4 is 51.6 Å². The van der Waals surface area contributed by atoms with E-state index in [2.05, 4.69) is 21.4 Å². The van der Waals surface area contributed by atoms with Gasteiger partial charge in [0.15, 0.2) is 10.9 Å². The zero-order valence-electron chi connectivity index (χ0n) is 19.1. The van der Waals surface area contributed by atoms with Crippen molar-refractivity contribution in [2.24, 2.45) is 0 Å². The number of nitrogens with one attached hydrogen (secondary N) is 1. The van der Waals surface area contributed by atoms with Crippen molar-refractivity contribution < 1.29 is 14.3 Å². The number of thioether (sulfide) groups is 1. The molecule has 178 valence electrons. The summed E-state index contributed by atoms with van der Waals surface area (Å²) in [4.78, 5) is 34.6. The van der Waals surface area contributed by atoms with E-state index in [1.807, 2.05) is 60.8 Å². The zero-order valence-corrected chi connectivity index (χ0v) is 21.5. The Morgan fingerprint density at radius 3 is 2.69 bits per heavy atom. The molecule has 0 bridgehead atoms. The number of thiophene rings is 1. The topological polar surface area (TPSA) is 81.2 Å². The van der Waals surface area contributed by atoms with Crippen LogP contribution in [0.2, 0.25) is 5.02 Å². The van der Waals surface area contributed by atoms with Crippen molar-refractivity contribution in [2.75, 3.05) is 11.9 Å². The van der Waals surface area contributed by atoms with E-state index >= 15 is 0 Å². The van der Waals surface area contributed by atoms with E-state index in [1.54, 1.807) is 6.92 Å². The summed E-state index contributed by atoms with van der Waals surface area (Å²) in [6.45, 7) is 3.99. The lowest BCUT2D eigenvalue weighted by molar-refractivity contribution is 0.0529. The van der Waals surface area contributed by atoms with E-state index in [-0.39, 0.29) is 17.3 Å². The lowest BCUT2D eigenvalue weighted by atomic mass is 10.0. The SMILES string of the molecule is CCOC(=O)c1c(-c2ccccc2)csc1NC(=O)c1nc(SCc2cccc(C)c2)ncc1Cl. The van der Waals surface area contributed by atoms with Gasteiger partial charge in [0.25, 0.3) is 5.91 Å². The van der Waals surface area contributed by atoms with Gasteiger partial charge in [0.2, 0.25) is 0 Å². The second-order valence-electron chi connectivity index (χ2n) is 7.52. The Balaban J connectivity index is 1.58. The van der Waals surface area contributed by atoms with Crippen molar-refractivity contribution in [2.45, 2.75) is 24.8 Å². The van der Waals surface area contributed by atoms with Gasteiger partial charge >= 0.3 is 5.97 Å². The Morgan fingerprint density at radius 2 is 1.94 bits per heavy atom. The van der Waals surface area contributed by atoms with Crippen molar-refractivity contribution in [3.8, 4) is 11.1 Å². The minimum absolute atomic E-state index is 0.0397. The number of esters is 1. The molecule has 0 saturated heterocycles. The van der Waals surface area contributed by atoms with E-state index < -0.39 is 11.9 Å². The molecule has 2 aromatic heterocycles. The number of carbonyl (C=O) groups is 2. The highest BCUT2D eigenvalue weighted by Crippen LogP contribution is 2.36. The van der Waals surface area contributed by atoms with Gasteiger partial charge in [-0.2, -0.15) is 0 Å². The molecule has 0 saturated carbocycles. The second kappa shape index (κ2) is 11.5. The molecule has 0 fully saturated rings. The molecule has 4 aromatic rings. The van der Waals surface area contributed by atoms with Crippen LogP contribution in [0.5, 0.6) is 0 Å². The smallest absolute Gasteiger partial charge is 0.341 e. The summed E-state index contributed by atoms with van der Waals surface area (Å²) < 4.78 is 5.26. The summed E-state index contributed by atoms with van der Waals surface area (Å²) in [6, 6.07) is 17.6. The Bertz CT molecular complexity index is 1360. The Kier molecular flexibility index (Phi) is 8.17. The predicted molar refractivity (Wildman–Crippen MR) is 141 cm³/mol. The van der Waals surface area contributed by atoms with Crippen LogP contribution in [0, 0.1) is 6.92 Å². The van der Waals surface area contributed by atoms with Crippen LogP contribution in [0.3, 0.4) is 0 Å². The molecule has 0 spiro atoms. The number of anilines is 1. The number of nitrogens with zero attached hydrogens (tertiary/aromatic N) is 2. The van der Waals surface area contributed by atoms with Gasteiger partial charge in [-0.15, -0.1) is 11.3 Å². The molecule has 1 amide bonds. The number of rotatable bonds is 8. The van der Waals surface area contributed by atoms with E-state index in [0.29, 0.717) is 27.0 Å². The zero-order chi connectivity index (χ0) is 24.8. The molecule has 2 aromatic carbocycles. The first kappa shape index (κ1) is 24.9. The molecule has 0 radical (unpaired) electrons. The number of ether oxygens (including phenoxy) is 1. The fraction of sp³-hybridized carbons (Fsp3) is 0.154. The monoisotopic (exact) mass is 523 g/mol. The molecule has 0 aliphatic heterocycles. The molecule has 0 aliphatic carbocycles. The first-order chi connectivity index (χ1) is 17.0. The highest BCUT2D eigenvalue weighted by molar-refractivity contribution is 7.98. The fourth-order valence-corrected chi connectivity index (χ4v) is 5.27. The largest absolute Gasteiger partial charge is 0.462 e. The minimum Gasteiger partial charge on any atom is -0.462 e. The molecule has 0 atom stereocenters. The molecule has 6 nitrogen and oxygen atoms in total. The average molecular weight is 524 g/mol. The molecule has 0 aliphatic rings. The highest BCUT2D eigenvalue weighted by atomic mass is 35.5. The van der Waals surface area contributed by atoms with Crippen LogP contribution in [0.15, 0.2) is 71.3 Å². The van der Waals surface area contributed by atoms with Crippen LogP contribution < -0.4 is 5.32 Å². The third-order valence-corrected chi connectivity index (χ3v) is 7.07. The number of hydrogen-bond donors (Lipinski definition) is 1. The number of aryl methyl sites for hydroxylation is 1. The summed E-state index contributed by atoms with van der Waals surface area (Å²) in [5.41, 5.74) is 4.18. The van der Waals surface area contributed by atoms with Crippen LogP contribution in [0.4, 0.5) is 5.00 Å². The molecule has 4 rings (SSSR count). The molecule has 0 unspecified atom stereocenters. The second-order valence-corrected chi connectivity index (χ2v) is 9.75. The lowest BCUT2D eigenvalue weighted by Gasteiger charge is -2.10. The van der Waals surface area contributed by atoms with Crippen molar-refractivity contribution in [3.63, 3.8) is 0 Å². The number of halogens is 1. The number of hydrogen-bond acceptors (Lipinski definition) is 7. The van der Waals surface area contributed by atoms with Gasteiger partial charge in [-0.3, -0.25) is 4.79 Å². The van der Waals surface area contributed by atoms with Gasteiger partial charge in [-0.05, 0) is 25.0 Å². The minimum atomic E-state index is -0.526. The summed E-state index contributed by atoms with van der Waals surface area (Å²) in [5, 5.41) is 5.55. The van der Waals surface area contributed by atoms with Crippen molar-refractivity contribution in [1.29, 1.82) is 0 Å². The number of carbonyl (C=O) groups excluding carboxylic acids is 2. The summed E-state index contributed by atoms with van der Waals surface area (Å²) in [7, 11) is 0. The van der Waals surface area contributed by atoms with Gasteiger partial charge in [0.05, 0.1) is 17.8 Å². The highest BCUT2D eigenvalue weighted by Gasteiger charge is 2.24. The van der Waals surface area contributed by atoms with Gasteiger partial charge in [0.1, 0.15) is 10.6 Å². The summed E-state index contributed by atoms with van der Waals surface area (Å²) in [6.07, 6.45) is 1.41. The van der Waals surface area contributed by atoms with E-state index in [0.717, 1.165) is 11.1 Å². The average Bonchev–Trinajstić information content (AvgIpc) is 3.28. The van der Waals surface area contributed by atoms with Crippen LogP contribution >= 0.6 is 34.7 Å². The van der Waals surface area contributed by atoms with E-state index in [1.165, 1.54) is 34.9 Å². The predicted octanol–water partition coefficient (Wildman–Crippen LogP) is 6.89. The van der Waals surface area contributed by atoms with E-state index in [9.17, 15) is 9.59 Å². The standard InChI is InChI=1S/C26H22ClN3O3S2/c1-3-33-25(32)21-19(18-10-5-4-6-11-18)15-34-24(21)30-23(31)22-20(27)13-28-26(29-22)35-14-17-9-7-8-16(2)12-17/h4-13,15H,3,14H2,1-2H3,(H,30,31). The molecule has 35 heavy (non-hydrogen) atoms. The Labute approximate surface area is 216 Å². The van der Waals surface area contributed by atoms with Crippen molar-refractivity contribution in [3.05, 3.63) is 93.6 Å². The maximum absolute atomic E-state index is 13.1. The maximum atomic E-state index is 13.1. The van der Waals surface area contributed by atoms with Gasteiger partial charge in [0, 0.05) is 16.7 Å². The van der Waals surface area contributed by atoms with Gasteiger partial charge in [-0.25, -0.2) is 14.8 Å². The third kappa shape index (κ3) is 6.08. The van der Waals surface area contributed by atoms with E-state index in [4.69, 9.17) is 16.3 Å². The first-order valence-corrected chi connectivity index (χ1v) is 13.1. The van der Waals surface area contributed by atoms with Crippen LogP contribution in [0.25, 0.3) is 11.1 Å².